The minimum Gasteiger partial charge on any atom is -0.444 e. The molecule has 0 spiro atoms. The quantitative estimate of drug-likeness (QED) is 0.379. The zero-order chi connectivity index (χ0) is 27.8. The Balaban J connectivity index is 1.64. The number of anilines is 2. The Morgan fingerprint density at radius 2 is 1.68 bits per heavy atom. The number of aromatic nitrogens is 2. The van der Waals surface area contributed by atoms with E-state index in [9.17, 15) is 9.59 Å². The monoisotopic (exact) mass is 537 g/mol. The van der Waals surface area contributed by atoms with E-state index in [0.29, 0.717) is 25.5 Å². The maximum Gasteiger partial charge on any atom is 0.410 e. The van der Waals surface area contributed by atoms with Gasteiger partial charge in [0.2, 0.25) is 5.28 Å². The van der Waals surface area contributed by atoms with Crippen LogP contribution in [0.2, 0.25) is 5.28 Å². The number of halogens is 1. The van der Waals surface area contributed by atoms with E-state index in [1.54, 1.807) is 22.9 Å². The molecule has 0 radical (unpaired) electrons. The molecule has 1 fully saturated rings. The summed E-state index contributed by atoms with van der Waals surface area (Å²) in [4.78, 5) is 40.6. The van der Waals surface area contributed by atoms with E-state index in [-0.39, 0.29) is 34.4 Å². The van der Waals surface area contributed by atoms with Crippen molar-refractivity contribution in [2.45, 2.75) is 53.2 Å². The Morgan fingerprint density at radius 1 is 1.00 bits per heavy atom. The van der Waals surface area contributed by atoms with Crippen LogP contribution in [0.4, 0.5) is 16.3 Å². The number of hydrogen-bond acceptors (Lipinski definition) is 6. The van der Waals surface area contributed by atoms with Crippen LogP contribution in [-0.4, -0.2) is 65.2 Å². The molecule has 2 amide bonds. The van der Waals surface area contributed by atoms with Crippen LogP contribution in [0.5, 0.6) is 0 Å². The maximum atomic E-state index is 13.6. The lowest BCUT2D eigenvalue weighted by atomic mass is 9.84. The Labute approximate surface area is 229 Å². The average molecular weight is 538 g/mol. The molecule has 1 unspecified atom stereocenters. The smallest absolute Gasteiger partial charge is 0.410 e. The number of ether oxygens (including phenoxy) is 1. The predicted octanol–water partition coefficient (Wildman–Crippen LogP) is 6.03. The minimum absolute atomic E-state index is 0.000555. The van der Waals surface area contributed by atoms with Crippen molar-refractivity contribution in [1.29, 1.82) is 0 Å². The fourth-order valence-electron chi connectivity index (χ4n) is 4.74. The van der Waals surface area contributed by atoms with Gasteiger partial charge in [0.15, 0.2) is 0 Å². The van der Waals surface area contributed by atoms with Crippen LogP contribution in [0.15, 0.2) is 48.5 Å². The molecule has 1 atom stereocenters. The second kappa shape index (κ2) is 10.4. The van der Waals surface area contributed by atoms with Crippen LogP contribution in [0.1, 0.15) is 52.0 Å². The van der Waals surface area contributed by atoms with E-state index in [1.807, 2.05) is 63.2 Å². The number of benzene rings is 2. The molecule has 0 aliphatic carbocycles. The summed E-state index contributed by atoms with van der Waals surface area (Å²) >= 11 is 6.37. The third-order valence-corrected chi connectivity index (χ3v) is 6.83. The van der Waals surface area contributed by atoms with Crippen LogP contribution >= 0.6 is 11.6 Å². The summed E-state index contributed by atoms with van der Waals surface area (Å²) < 4.78 is 5.62. The molecular weight excluding hydrogens is 502 g/mol. The van der Waals surface area contributed by atoms with Crippen molar-refractivity contribution in [3.8, 4) is 0 Å². The molecule has 8 nitrogen and oxygen atoms in total. The average Bonchev–Trinajstić information content (AvgIpc) is 2.85. The molecular formula is C29H36ClN5O3. The topological polar surface area (TPSA) is 78.9 Å². The third-order valence-electron chi connectivity index (χ3n) is 6.66. The van der Waals surface area contributed by atoms with Gasteiger partial charge >= 0.3 is 6.09 Å². The molecule has 1 aliphatic rings. The second-order valence-electron chi connectivity index (χ2n) is 11.7. The molecule has 9 heteroatoms. The summed E-state index contributed by atoms with van der Waals surface area (Å²) in [5, 5.41) is 2.01. The van der Waals surface area contributed by atoms with Gasteiger partial charge in [0, 0.05) is 38.1 Å². The minimum atomic E-state index is -0.572. The van der Waals surface area contributed by atoms with Crippen LogP contribution in [0, 0.1) is 5.41 Å². The first-order chi connectivity index (χ1) is 17.7. The Morgan fingerprint density at radius 3 is 2.37 bits per heavy atom. The Bertz CT molecular complexity index is 1340. The van der Waals surface area contributed by atoms with Crippen molar-refractivity contribution in [2.24, 2.45) is 5.41 Å². The highest BCUT2D eigenvalue weighted by atomic mass is 35.5. The van der Waals surface area contributed by atoms with Gasteiger partial charge in [0.05, 0.1) is 11.7 Å². The molecule has 2 heterocycles. The van der Waals surface area contributed by atoms with Gasteiger partial charge in [-0.25, -0.2) is 14.8 Å². The fourth-order valence-corrected chi connectivity index (χ4v) is 4.91. The van der Waals surface area contributed by atoms with Gasteiger partial charge < -0.3 is 19.4 Å². The van der Waals surface area contributed by atoms with Gasteiger partial charge in [-0.2, -0.15) is 0 Å². The molecule has 1 aromatic heterocycles. The summed E-state index contributed by atoms with van der Waals surface area (Å²) in [5.74, 6) is 0.273. The lowest BCUT2D eigenvalue weighted by Crippen LogP contribution is -2.60. The van der Waals surface area contributed by atoms with Gasteiger partial charge in [-0.05, 0) is 49.2 Å². The third kappa shape index (κ3) is 6.01. The highest BCUT2D eigenvalue weighted by Crippen LogP contribution is 2.33. The van der Waals surface area contributed by atoms with E-state index in [1.165, 1.54) is 0 Å². The SMILES string of the molecule is CN(C(=O)c1cc(N2CCN(C(=O)OC(C)(C)C)CC2C(C)(C)C)nc(Cl)n1)c1cccc2ccccc12. The zero-order valence-electron chi connectivity index (χ0n) is 23.2. The second-order valence-corrected chi connectivity index (χ2v) is 12.1. The fraction of sp³-hybridized carbons (Fsp3) is 0.448. The number of fused-ring (bicyclic) bond motifs is 1. The van der Waals surface area contributed by atoms with Crippen molar-refractivity contribution in [3.05, 3.63) is 59.5 Å². The van der Waals surface area contributed by atoms with E-state index >= 15 is 0 Å². The van der Waals surface area contributed by atoms with Crippen molar-refractivity contribution in [1.82, 2.24) is 14.9 Å². The number of piperazine rings is 1. The predicted molar refractivity (Wildman–Crippen MR) is 152 cm³/mol. The molecule has 38 heavy (non-hydrogen) atoms. The normalized spacial score (nSPS) is 16.5. The first kappa shape index (κ1) is 27.6. The first-order valence-electron chi connectivity index (χ1n) is 12.8. The summed E-state index contributed by atoms with van der Waals surface area (Å²) in [6.45, 7) is 13.4. The van der Waals surface area contributed by atoms with Crippen molar-refractivity contribution in [2.75, 3.05) is 36.5 Å². The van der Waals surface area contributed by atoms with Crippen LogP contribution in [0.25, 0.3) is 10.8 Å². The highest BCUT2D eigenvalue weighted by Gasteiger charge is 2.39. The van der Waals surface area contributed by atoms with E-state index in [4.69, 9.17) is 16.3 Å². The molecule has 1 saturated heterocycles. The molecule has 0 saturated carbocycles. The van der Waals surface area contributed by atoms with E-state index < -0.39 is 5.60 Å². The molecule has 0 N–H and O–H groups in total. The van der Waals surface area contributed by atoms with Crippen molar-refractivity contribution >= 4 is 45.9 Å². The van der Waals surface area contributed by atoms with Gasteiger partial charge in [0.25, 0.3) is 5.91 Å². The number of nitrogens with zero attached hydrogens (tertiary/aromatic N) is 5. The number of hydrogen-bond donors (Lipinski definition) is 0. The summed E-state index contributed by atoms with van der Waals surface area (Å²) in [6.07, 6.45) is -0.334. The number of rotatable bonds is 3. The Hall–Kier alpha value is -3.39. The molecule has 2 aromatic carbocycles. The van der Waals surface area contributed by atoms with Gasteiger partial charge in [0.1, 0.15) is 17.1 Å². The standard InChI is InChI=1S/C29H36ClN5O3/c1-28(2,3)23-18-34(27(37)38-29(4,5)6)15-16-35(23)24-17-21(31-26(30)32-24)25(36)33(7)22-14-10-12-19-11-8-9-13-20(19)22/h8-14,17,23H,15-16,18H2,1-7H3. The molecule has 0 bridgehead atoms. The molecule has 3 aromatic rings. The molecule has 1 aliphatic heterocycles. The summed E-state index contributed by atoms with van der Waals surface area (Å²) in [5.41, 5.74) is 0.208. The summed E-state index contributed by atoms with van der Waals surface area (Å²) in [6, 6.07) is 15.4. The van der Waals surface area contributed by atoms with Gasteiger partial charge in [-0.3, -0.25) is 4.79 Å². The lowest BCUT2D eigenvalue weighted by molar-refractivity contribution is 0.0178. The van der Waals surface area contributed by atoms with Gasteiger partial charge in [-0.15, -0.1) is 0 Å². The van der Waals surface area contributed by atoms with Gasteiger partial charge in [-0.1, -0.05) is 57.2 Å². The zero-order valence-corrected chi connectivity index (χ0v) is 23.9. The number of carbonyl (C=O) groups is 2. The molecule has 202 valence electrons. The largest absolute Gasteiger partial charge is 0.444 e. The van der Waals surface area contributed by atoms with E-state index in [0.717, 1.165) is 16.5 Å². The maximum absolute atomic E-state index is 13.6. The van der Waals surface area contributed by atoms with E-state index in [2.05, 4.69) is 35.6 Å². The lowest BCUT2D eigenvalue weighted by Gasteiger charge is -2.47. The first-order valence-corrected chi connectivity index (χ1v) is 13.2. The highest BCUT2D eigenvalue weighted by molar-refractivity contribution is 6.28. The van der Waals surface area contributed by atoms with Crippen LogP contribution in [-0.2, 0) is 4.74 Å². The number of carbonyl (C=O) groups excluding carboxylic acids is 2. The molecule has 4 rings (SSSR count). The Kier molecular flexibility index (Phi) is 7.57. The summed E-state index contributed by atoms with van der Waals surface area (Å²) in [7, 11) is 1.73. The van der Waals surface area contributed by atoms with Crippen molar-refractivity contribution in [3.63, 3.8) is 0 Å². The van der Waals surface area contributed by atoms with Crippen LogP contribution in [0.3, 0.4) is 0 Å². The van der Waals surface area contributed by atoms with Crippen molar-refractivity contribution < 1.29 is 14.3 Å². The van der Waals surface area contributed by atoms with Crippen LogP contribution < -0.4 is 9.80 Å². The number of amides is 2.